The molecule has 102 valence electrons. The monoisotopic (exact) mass is 311 g/mol. The van der Waals surface area contributed by atoms with E-state index in [0.717, 1.165) is 31.9 Å². The molecule has 1 amide bonds. The van der Waals surface area contributed by atoms with Gasteiger partial charge in [-0.25, -0.2) is 0 Å². The first-order chi connectivity index (χ1) is 7.81. The summed E-state index contributed by atoms with van der Waals surface area (Å²) in [4.78, 5) is 19.5. The number of carbonyl (C=O) groups excluding carboxylic acids is 1. The summed E-state index contributed by atoms with van der Waals surface area (Å²) in [5.41, 5.74) is 1.11. The van der Waals surface area contributed by atoms with Gasteiger partial charge in [-0.2, -0.15) is 0 Å². The number of aromatic nitrogens is 1. The molecule has 0 N–H and O–H groups in total. The largest absolute Gasteiger partial charge is 0.367 e. The highest BCUT2D eigenvalue weighted by Gasteiger charge is 2.20. The normalized spacial score (nSPS) is 14.5. The Bertz CT molecular complexity index is 356. The van der Waals surface area contributed by atoms with Crippen molar-refractivity contribution in [3.8, 4) is 0 Å². The summed E-state index contributed by atoms with van der Waals surface area (Å²) < 4.78 is 0. The van der Waals surface area contributed by atoms with Crippen LogP contribution in [0.3, 0.4) is 0 Å². The van der Waals surface area contributed by atoms with Crippen LogP contribution in [0.4, 0.5) is 5.69 Å². The number of rotatable bonds is 2. The maximum absolute atomic E-state index is 11.4. The molecule has 0 atom stereocenters. The first kappa shape index (κ1) is 17.3. The molecule has 0 radical (unpaired) electrons. The lowest BCUT2D eigenvalue weighted by atomic mass is 10.3. The zero-order chi connectivity index (χ0) is 11.4. The lowest BCUT2D eigenvalue weighted by molar-refractivity contribution is -0.128. The Hall–Kier alpha value is -0.710. The van der Waals surface area contributed by atoms with Crippen LogP contribution in [-0.4, -0.2) is 47.9 Å². The predicted molar refractivity (Wildman–Crippen MR) is 78.2 cm³/mol. The fourth-order valence-electron chi connectivity index (χ4n) is 1.84. The van der Waals surface area contributed by atoms with E-state index >= 15 is 0 Å². The van der Waals surface area contributed by atoms with Crippen molar-refractivity contribution in [1.82, 2.24) is 9.88 Å². The first-order valence-electron chi connectivity index (χ1n) is 5.30. The zero-order valence-corrected chi connectivity index (χ0v) is 12.2. The number of hydrogen-bond donors (Lipinski definition) is 0. The highest BCUT2D eigenvalue weighted by atomic mass is 35.5. The topological polar surface area (TPSA) is 36.4 Å². The Labute approximate surface area is 124 Å². The number of hydrogen-bond acceptors (Lipinski definition) is 3. The predicted octanol–water partition coefficient (Wildman–Crippen LogP) is 1.81. The second kappa shape index (κ2) is 8.40. The quantitative estimate of drug-likeness (QED) is 0.782. The van der Waals surface area contributed by atoms with Gasteiger partial charge in [-0.3, -0.25) is 9.78 Å². The SMILES string of the molecule is Cl.Cl.O=C(CCl)N1CCN(c2cccnc2)CC1. The Morgan fingerprint density at radius 3 is 2.44 bits per heavy atom. The van der Waals surface area contributed by atoms with E-state index in [9.17, 15) is 4.79 Å². The van der Waals surface area contributed by atoms with Gasteiger partial charge < -0.3 is 9.80 Å². The van der Waals surface area contributed by atoms with Gasteiger partial charge in [0.15, 0.2) is 0 Å². The molecule has 1 saturated heterocycles. The lowest BCUT2D eigenvalue weighted by Gasteiger charge is -2.35. The highest BCUT2D eigenvalue weighted by Crippen LogP contribution is 2.14. The van der Waals surface area contributed by atoms with Crippen LogP contribution < -0.4 is 4.90 Å². The summed E-state index contributed by atoms with van der Waals surface area (Å²) in [7, 11) is 0. The van der Waals surface area contributed by atoms with Gasteiger partial charge in [-0.15, -0.1) is 36.4 Å². The molecule has 0 aromatic carbocycles. The number of nitrogens with zero attached hydrogens (tertiary/aromatic N) is 3. The molecule has 2 heterocycles. The number of halogens is 3. The number of amides is 1. The van der Waals surface area contributed by atoms with E-state index in [0.29, 0.717) is 0 Å². The minimum absolute atomic E-state index is 0. The van der Waals surface area contributed by atoms with Crippen molar-refractivity contribution in [2.45, 2.75) is 0 Å². The summed E-state index contributed by atoms with van der Waals surface area (Å²) >= 11 is 5.52. The molecule has 2 rings (SSSR count). The summed E-state index contributed by atoms with van der Waals surface area (Å²) in [6.45, 7) is 3.16. The van der Waals surface area contributed by atoms with Crippen LogP contribution in [0.2, 0.25) is 0 Å². The number of piperazine rings is 1. The molecule has 0 unspecified atom stereocenters. The molecule has 1 aromatic heterocycles. The van der Waals surface area contributed by atoms with Crippen molar-refractivity contribution < 1.29 is 4.79 Å². The van der Waals surface area contributed by atoms with Gasteiger partial charge in [0.2, 0.25) is 5.91 Å². The van der Waals surface area contributed by atoms with Crippen LogP contribution in [-0.2, 0) is 4.79 Å². The third-order valence-corrected chi connectivity index (χ3v) is 2.99. The van der Waals surface area contributed by atoms with Gasteiger partial charge in [0.25, 0.3) is 0 Å². The highest BCUT2D eigenvalue weighted by molar-refractivity contribution is 6.27. The molecule has 1 aliphatic rings. The van der Waals surface area contributed by atoms with Crippen LogP contribution in [0, 0.1) is 0 Å². The van der Waals surface area contributed by atoms with Crippen LogP contribution >= 0.6 is 36.4 Å². The summed E-state index contributed by atoms with van der Waals surface area (Å²) in [5.74, 6) is 0.0971. The number of pyridine rings is 1. The molecule has 1 aliphatic heterocycles. The molecule has 0 spiro atoms. The molecular weight excluding hydrogens is 297 g/mol. The van der Waals surface area contributed by atoms with Gasteiger partial charge in [0.05, 0.1) is 11.9 Å². The Morgan fingerprint density at radius 2 is 1.94 bits per heavy atom. The fourth-order valence-corrected chi connectivity index (χ4v) is 2.01. The molecular formula is C11H16Cl3N3O. The summed E-state index contributed by atoms with van der Waals surface area (Å²) in [5, 5.41) is 0. The maximum Gasteiger partial charge on any atom is 0.237 e. The van der Waals surface area contributed by atoms with Gasteiger partial charge in [0.1, 0.15) is 5.88 Å². The van der Waals surface area contributed by atoms with Crippen LogP contribution in [0.25, 0.3) is 0 Å². The van der Waals surface area contributed by atoms with E-state index in [1.54, 1.807) is 11.1 Å². The Kier molecular flexibility index (Phi) is 8.07. The Balaban J connectivity index is 0.00000144. The molecule has 0 aliphatic carbocycles. The first-order valence-corrected chi connectivity index (χ1v) is 5.83. The maximum atomic E-state index is 11.4. The number of alkyl halides is 1. The molecule has 0 saturated carbocycles. The van der Waals surface area contributed by atoms with Crippen molar-refractivity contribution in [2.24, 2.45) is 0 Å². The van der Waals surface area contributed by atoms with E-state index in [1.807, 2.05) is 18.3 Å². The van der Waals surface area contributed by atoms with Gasteiger partial charge >= 0.3 is 0 Å². The molecule has 0 bridgehead atoms. The lowest BCUT2D eigenvalue weighted by Crippen LogP contribution is -2.49. The number of anilines is 1. The molecule has 4 nitrogen and oxygen atoms in total. The smallest absolute Gasteiger partial charge is 0.237 e. The standard InChI is InChI=1S/C11H14ClN3O.2ClH/c12-8-11(16)15-6-4-14(5-7-15)10-2-1-3-13-9-10;;/h1-3,9H,4-8H2;2*1H. The molecule has 1 aromatic rings. The van der Waals surface area contributed by atoms with Gasteiger partial charge in [-0.05, 0) is 12.1 Å². The summed E-state index contributed by atoms with van der Waals surface area (Å²) in [6.07, 6.45) is 3.61. The Morgan fingerprint density at radius 1 is 1.28 bits per heavy atom. The van der Waals surface area contributed by atoms with E-state index in [2.05, 4.69) is 9.88 Å². The average Bonchev–Trinajstić information content (AvgIpc) is 2.39. The van der Waals surface area contributed by atoms with Crippen molar-refractivity contribution in [2.75, 3.05) is 37.0 Å². The van der Waals surface area contributed by atoms with E-state index in [-0.39, 0.29) is 36.6 Å². The third-order valence-electron chi connectivity index (χ3n) is 2.76. The average molecular weight is 313 g/mol. The van der Waals surface area contributed by atoms with E-state index in [4.69, 9.17) is 11.6 Å². The second-order valence-corrected chi connectivity index (χ2v) is 3.98. The van der Waals surface area contributed by atoms with Gasteiger partial charge in [0, 0.05) is 32.4 Å². The van der Waals surface area contributed by atoms with Crippen LogP contribution in [0.5, 0.6) is 0 Å². The minimum atomic E-state index is 0. The third kappa shape index (κ3) is 4.19. The van der Waals surface area contributed by atoms with Crippen LogP contribution in [0.15, 0.2) is 24.5 Å². The fraction of sp³-hybridized carbons (Fsp3) is 0.455. The van der Waals surface area contributed by atoms with E-state index < -0.39 is 0 Å². The zero-order valence-electron chi connectivity index (χ0n) is 9.79. The van der Waals surface area contributed by atoms with Crippen molar-refractivity contribution >= 4 is 48.0 Å². The number of carbonyl (C=O) groups is 1. The van der Waals surface area contributed by atoms with Crippen molar-refractivity contribution in [1.29, 1.82) is 0 Å². The van der Waals surface area contributed by atoms with E-state index in [1.165, 1.54) is 0 Å². The molecule has 7 heteroatoms. The van der Waals surface area contributed by atoms with Crippen molar-refractivity contribution in [3.63, 3.8) is 0 Å². The summed E-state index contributed by atoms with van der Waals surface area (Å²) in [6, 6.07) is 3.96. The minimum Gasteiger partial charge on any atom is -0.367 e. The van der Waals surface area contributed by atoms with Crippen molar-refractivity contribution in [3.05, 3.63) is 24.5 Å². The molecule has 18 heavy (non-hydrogen) atoms. The molecule has 1 fully saturated rings. The van der Waals surface area contributed by atoms with Crippen LogP contribution in [0.1, 0.15) is 0 Å². The van der Waals surface area contributed by atoms with Gasteiger partial charge in [-0.1, -0.05) is 0 Å². The second-order valence-electron chi connectivity index (χ2n) is 3.71.